The molecule has 3 aromatic rings. The number of aromatic nitrogens is 2. The van der Waals surface area contributed by atoms with E-state index in [-0.39, 0.29) is 30.0 Å². The van der Waals surface area contributed by atoms with Gasteiger partial charge in [0.2, 0.25) is 5.91 Å². The van der Waals surface area contributed by atoms with Crippen LogP contribution in [0.2, 0.25) is 0 Å². The molecule has 150 valence electrons. The lowest BCUT2D eigenvalue weighted by molar-refractivity contribution is -0.122. The summed E-state index contributed by atoms with van der Waals surface area (Å²) in [6, 6.07) is 12.5. The number of hydrogen-bond acceptors (Lipinski definition) is 5. The van der Waals surface area contributed by atoms with Crippen molar-refractivity contribution in [3.8, 4) is 5.75 Å². The summed E-state index contributed by atoms with van der Waals surface area (Å²) in [6.07, 6.45) is -0.1000. The summed E-state index contributed by atoms with van der Waals surface area (Å²) < 4.78 is 19.8. The first-order chi connectivity index (χ1) is 14.0. The average Bonchev–Trinajstić information content (AvgIpc) is 2.74. The van der Waals surface area contributed by atoms with Crippen molar-refractivity contribution < 1.29 is 18.7 Å². The highest BCUT2D eigenvalue weighted by molar-refractivity contribution is 6.05. The zero-order valence-corrected chi connectivity index (χ0v) is 15.6. The number of amides is 2. The van der Waals surface area contributed by atoms with Gasteiger partial charge in [-0.1, -0.05) is 30.3 Å². The summed E-state index contributed by atoms with van der Waals surface area (Å²) in [5.41, 5.74) is 4.26. The Hall–Kier alpha value is -3.75. The zero-order valence-electron chi connectivity index (χ0n) is 15.6. The number of para-hydroxylation sites is 1. The van der Waals surface area contributed by atoms with Crippen LogP contribution < -0.4 is 21.1 Å². The summed E-state index contributed by atoms with van der Waals surface area (Å²) in [5, 5.41) is 4.83. The lowest BCUT2D eigenvalue weighted by Gasteiger charge is -2.11. The number of hydrogen-bond donors (Lipinski definition) is 2. The van der Waals surface area contributed by atoms with Gasteiger partial charge in [-0.3, -0.25) is 25.2 Å². The molecule has 9 heteroatoms. The van der Waals surface area contributed by atoms with Crippen LogP contribution in [0.5, 0.6) is 5.75 Å². The highest BCUT2D eigenvalue weighted by atomic mass is 19.1. The maximum Gasteiger partial charge on any atom is 0.290 e. The molecule has 1 aromatic heterocycles. The number of ether oxygens (including phenoxy) is 1. The number of nitrogens with zero attached hydrogens (tertiary/aromatic N) is 2. The van der Waals surface area contributed by atoms with E-state index in [0.717, 1.165) is 0 Å². The van der Waals surface area contributed by atoms with E-state index < -0.39 is 17.6 Å². The number of hydrazine groups is 1. The van der Waals surface area contributed by atoms with Gasteiger partial charge in [-0.15, -0.1) is 0 Å². The van der Waals surface area contributed by atoms with Gasteiger partial charge in [0.05, 0.1) is 18.4 Å². The van der Waals surface area contributed by atoms with Crippen molar-refractivity contribution in [2.24, 2.45) is 0 Å². The molecule has 0 aliphatic carbocycles. The molecule has 0 spiro atoms. The first kappa shape index (κ1) is 20.0. The molecule has 2 N–H and O–H groups in total. The summed E-state index contributed by atoms with van der Waals surface area (Å²) in [6.45, 7) is 1.97. The van der Waals surface area contributed by atoms with Crippen LogP contribution in [0.1, 0.15) is 23.8 Å². The van der Waals surface area contributed by atoms with E-state index in [9.17, 15) is 18.8 Å². The molecule has 3 rings (SSSR count). The standard InChI is InChI=1S/C20H19FN4O4/c1-2-25-20(28)14-8-4-3-7-13(14)18(24-25)19(27)23-22-17(26)11-12-29-16-10-6-5-9-15(16)21/h3-10H,2,11-12H2,1H3,(H,22,26)(H,23,27). The molecule has 0 atom stereocenters. The maximum absolute atomic E-state index is 13.5. The first-order valence-electron chi connectivity index (χ1n) is 8.97. The van der Waals surface area contributed by atoms with E-state index in [1.54, 1.807) is 37.3 Å². The fraction of sp³-hybridized carbons (Fsp3) is 0.200. The SMILES string of the molecule is CCn1nc(C(=O)NNC(=O)CCOc2ccccc2F)c2ccccc2c1=O. The van der Waals surface area contributed by atoms with E-state index in [1.807, 2.05) is 0 Å². The Bertz CT molecular complexity index is 1110. The second kappa shape index (κ2) is 8.96. The average molecular weight is 398 g/mol. The second-order valence-electron chi connectivity index (χ2n) is 6.05. The number of fused-ring (bicyclic) bond motifs is 1. The highest BCUT2D eigenvalue weighted by Gasteiger charge is 2.16. The molecule has 0 aliphatic rings. The molecule has 29 heavy (non-hydrogen) atoms. The molecule has 1 heterocycles. The molecule has 0 radical (unpaired) electrons. The Morgan fingerprint density at radius 2 is 1.76 bits per heavy atom. The number of nitrogens with one attached hydrogen (secondary N) is 2. The van der Waals surface area contributed by atoms with Gasteiger partial charge in [0.25, 0.3) is 11.5 Å². The molecular formula is C20H19FN4O4. The third-order valence-corrected chi connectivity index (χ3v) is 4.12. The molecule has 8 nitrogen and oxygen atoms in total. The third kappa shape index (κ3) is 4.57. The van der Waals surface area contributed by atoms with Gasteiger partial charge in [0, 0.05) is 11.9 Å². The number of carbonyl (C=O) groups is 2. The van der Waals surface area contributed by atoms with Crippen molar-refractivity contribution in [3.05, 3.63) is 70.4 Å². The van der Waals surface area contributed by atoms with Gasteiger partial charge in [-0.05, 0) is 25.1 Å². The molecule has 0 aliphatic heterocycles. The van der Waals surface area contributed by atoms with Gasteiger partial charge in [0.1, 0.15) is 0 Å². The number of carbonyl (C=O) groups excluding carboxylic acids is 2. The van der Waals surface area contributed by atoms with Gasteiger partial charge < -0.3 is 4.74 Å². The number of aryl methyl sites for hydroxylation is 1. The van der Waals surface area contributed by atoms with Crippen LogP contribution in [0.25, 0.3) is 10.8 Å². The molecule has 0 saturated heterocycles. The summed E-state index contributed by atoms with van der Waals surface area (Å²) >= 11 is 0. The topological polar surface area (TPSA) is 102 Å². The Kier molecular flexibility index (Phi) is 6.18. The Morgan fingerprint density at radius 1 is 1.07 bits per heavy atom. The van der Waals surface area contributed by atoms with E-state index in [2.05, 4.69) is 16.0 Å². The quantitative estimate of drug-likeness (QED) is 0.617. The monoisotopic (exact) mass is 398 g/mol. The van der Waals surface area contributed by atoms with Gasteiger partial charge in [0.15, 0.2) is 17.3 Å². The lowest BCUT2D eigenvalue weighted by atomic mass is 10.1. The van der Waals surface area contributed by atoms with E-state index in [4.69, 9.17) is 4.74 Å². The largest absolute Gasteiger partial charge is 0.490 e. The lowest BCUT2D eigenvalue weighted by Crippen LogP contribution is -2.43. The van der Waals surface area contributed by atoms with E-state index in [1.165, 1.54) is 22.9 Å². The fourth-order valence-electron chi connectivity index (χ4n) is 2.68. The molecule has 2 amide bonds. The van der Waals surface area contributed by atoms with Crippen LogP contribution in [0.3, 0.4) is 0 Å². The minimum absolute atomic E-state index is 0.0185. The van der Waals surface area contributed by atoms with Gasteiger partial charge >= 0.3 is 0 Å². The summed E-state index contributed by atoms with van der Waals surface area (Å²) in [4.78, 5) is 36.7. The van der Waals surface area contributed by atoms with Crippen molar-refractivity contribution >= 4 is 22.6 Å². The summed E-state index contributed by atoms with van der Waals surface area (Å²) in [5.74, 6) is -1.67. The maximum atomic E-state index is 13.5. The smallest absolute Gasteiger partial charge is 0.290 e. The number of rotatable bonds is 6. The van der Waals surface area contributed by atoms with Crippen LogP contribution in [0.15, 0.2) is 53.3 Å². The van der Waals surface area contributed by atoms with Crippen LogP contribution in [-0.2, 0) is 11.3 Å². The van der Waals surface area contributed by atoms with E-state index in [0.29, 0.717) is 17.3 Å². The molecular weight excluding hydrogens is 379 g/mol. The number of benzene rings is 2. The van der Waals surface area contributed by atoms with Gasteiger partial charge in [-0.25, -0.2) is 9.07 Å². The zero-order chi connectivity index (χ0) is 20.8. The van der Waals surface area contributed by atoms with Crippen molar-refractivity contribution in [2.45, 2.75) is 19.9 Å². The van der Waals surface area contributed by atoms with Crippen molar-refractivity contribution in [1.29, 1.82) is 0 Å². The Balaban J connectivity index is 1.62. The van der Waals surface area contributed by atoms with Crippen molar-refractivity contribution in [3.63, 3.8) is 0 Å². The number of halogens is 1. The second-order valence-corrected chi connectivity index (χ2v) is 6.05. The highest BCUT2D eigenvalue weighted by Crippen LogP contribution is 2.15. The minimum atomic E-state index is -0.660. The molecule has 0 fully saturated rings. The normalized spacial score (nSPS) is 10.6. The van der Waals surface area contributed by atoms with Crippen LogP contribution in [0.4, 0.5) is 4.39 Å². The van der Waals surface area contributed by atoms with Crippen LogP contribution in [-0.4, -0.2) is 28.2 Å². The van der Waals surface area contributed by atoms with Crippen LogP contribution >= 0.6 is 0 Å². The minimum Gasteiger partial charge on any atom is -0.490 e. The molecule has 0 bridgehead atoms. The molecule has 0 unspecified atom stereocenters. The van der Waals surface area contributed by atoms with Crippen molar-refractivity contribution in [1.82, 2.24) is 20.6 Å². The summed E-state index contributed by atoms with van der Waals surface area (Å²) in [7, 11) is 0. The van der Waals surface area contributed by atoms with Crippen LogP contribution in [0, 0.1) is 5.82 Å². The third-order valence-electron chi connectivity index (χ3n) is 4.12. The Labute approximate surface area is 165 Å². The van der Waals surface area contributed by atoms with Crippen molar-refractivity contribution in [2.75, 3.05) is 6.61 Å². The predicted molar refractivity (Wildman–Crippen MR) is 104 cm³/mol. The van der Waals surface area contributed by atoms with E-state index >= 15 is 0 Å². The predicted octanol–water partition coefficient (Wildman–Crippen LogP) is 1.79. The molecule has 2 aromatic carbocycles. The molecule has 0 saturated carbocycles. The first-order valence-corrected chi connectivity index (χ1v) is 8.97. The van der Waals surface area contributed by atoms with Gasteiger partial charge in [-0.2, -0.15) is 5.10 Å². The Morgan fingerprint density at radius 3 is 2.48 bits per heavy atom. The fourth-order valence-corrected chi connectivity index (χ4v) is 2.68.